The maximum absolute atomic E-state index is 5.96. The van der Waals surface area contributed by atoms with Gasteiger partial charge in [-0.25, -0.2) is 9.97 Å². The maximum atomic E-state index is 5.96. The minimum Gasteiger partial charge on any atom is -0.369 e. The van der Waals surface area contributed by atoms with Crippen LogP contribution in [-0.2, 0) is 0 Å². The zero-order valence-corrected chi connectivity index (χ0v) is 10.3. The molecule has 0 unspecified atom stereocenters. The number of rotatable bonds is 1. The van der Waals surface area contributed by atoms with Gasteiger partial charge in [0.2, 0.25) is 5.95 Å². The Balaban J connectivity index is 2.30. The van der Waals surface area contributed by atoms with Crippen LogP contribution in [0.3, 0.4) is 0 Å². The normalized spacial score (nSPS) is 11.0. The number of aromatic nitrogens is 4. The minimum absolute atomic E-state index is 0.425. The summed E-state index contributed by atoms with van der Waals surface area (Å²) in [6.45, 7) is 3.89. The summed E-state index contributed by atoms with van der Waals surface area (Å²) >= 11 is 0. The molecule has 0 aromatic carbocycles. The molecule has 3 aromatic heterocycles. The molecule has 0 atom stereocenters. The largest absolute Gasteiger partial charge is 0.369 e. The first-order chi connectivity index (χ1) is 8.65. The van der Waals surface area contributed by atoms with E-state index in [1.165, 1.54) is 0 Å². The standard InChI is InChI=1S/C13H13N5/c1-8-3-5-10(7-15-8)18-12-11(17-13(18)14)6-4-9(2)16-12/h3-7H,1-2H3,(H2,14,17). The van der Waals surface area contributed by atoms with Crippen LogP contribution in [0.25, 0.3) is 16.9 Å². The molecule has 0 aliphatic heterocycles. The third kappa shape index (κ3) is 1.60. The molecule has 0 fully saturated rings. The first kappa shape index (κ1) is 10.7. The lowest BCUT2D eigenvalue weighted by atomic mass is 10.3. The van der Waals surface area contributed by atoms with Gasteiger partial charge in [0.15, 0.2) is 5.65 Å². The van der Waals surface area contributed by atoms with Crippen molar-refractivity contribution in [3.8, 4) is 5.69 Å². The highest BCUT2D eigenvalue weighted by atomic mass is 15.2. The highest BCUT2D eigenvalue weighted by molar-refractivity contribution is 5.77. The molecular formula is C13H13N5. The predicted octanol–water partition coefficient (Wildman–Crippen LogP) is 2.01. The van der Waals surface area contributed by atoms with Gasteiger partial charge in [-0.2, -0.15) is 0 Å². The first-order valence-corrected chi connectivity index (χ1v) is 5.70. The molecule has 0 bridgehead atoms. The minimum atomic E-state index is 0.425. The van der Waals surface area contributed by atoms with Crippen LogP contribution in [0, 0.1) is 13.8 Å². The van der Waals surface area contributed by atoms with Crippen molar-refractivity contribution in [2.75, 3.05) is 5.73 Å². The molecule has 0 saturated carbocycles. The molecule has 0 saturated heterocycles. The molecule has 0 spiro atoms. The van der Waals surface area contributed by atoms with E-state index in [1.807, 2.05) is 42.7 Å². The first-order valence-electron chi connectivity index (χ1n) is 5.70. The van der Waals surface area contributed by atoms with Gasteiger partial charge in [-0.3, -0.25) is 9.55 Å². The highest BCUT2D eigenvalue weighted by Crippen LogP contribution is 2.21. The van der Waals surface area contributed by atoms with E-state index in [1.54, 1.807) is 6.20 Å². The lowest BCUT2D eigenvalue weighted by Gasteiger charge is -2.05. The molecule has 5 heteroatoms. The maximum Gasteiger partial charge on any atom is 0.207 e. The van der Waals surface area contributed by atoms with E-state index in [0.29, 0.717) is 5.95 Å². The average Bonchev–Trinajstić information content (AvgIpc) is 2.66. The van der Waals surface area contributed by atoms with Gasteiger partial charge in [-0.1, -0.05) is 0 Å². The van der Waals surface area contributed by atoms with Crippen LogP contribution in [0.5, 0.6) is 0 Å². The summed E-state index contributed by atoms with van der Waals surface area (Å²) in [4.78, 5) is 13.1. The second-order valence-corrected chi connectivity index (χ2v) is 4.26. The summed E-state index contributed by atoms with van der Waals surface area (Å²) in [5.41, 5.74) is 10.3. The van der Waals surface area contributed by atoms with Crippen LogP contribution in [0.15, 0.2) is 30.5 Å². The number of hydrogen-bond acceptors (Lipinski definition) is 4. The molecule has 3 rings (SSSR count). The topological polar surface area (TPSA) is 69.6 Å². The van der Waals surface area contributed by atoms with Crippen molar-refractivity contribution in [2.24, 2.45) is 0 Å². The smallest absolute Gasteiger partial charge is 0.207 e. The Kier molecular flexibility index (Phi) is 2.26. The van der Waals surface area contributed by atoms with E-state index in [0.717, 1.165) is 28.2 Å². The second-order valence-electron chi connectivity index (χ2n) is 4.26. The third-order valence-electron chi connectivity index (χ3n) is 2.82. The Bertz CT molecular complexity index is 712. The van der Waals surface area contributed by atoms with Crippen molar-refractivity contribution in [2.45, 2.75) is 13.8 Å². The van der Waals surface area contributed by atoms with E-state index in [4.69, 9.17) is 5.73 Å². The van der Waals surface area contributed by atoms with Crippen molar-refractivity contribution < 1.29 is 0 Å². The number of nitrogen functional groups attached to an aromatic ring is 1. The predicted molar refractivity (Wildman–Crippen MR) is 70.5 cm³/mol. The van der Waals surface area contributed by atoms with E-state index < -0.39 is 0 Å². The van der Waals surface area contributed by atoms with Gasteiger partial charge in [-0.05, 0) is 38.1 Å². The van der Waals surface area contributed by atoms with Crippen molar-refractivity contribution in [3.05, 3.63) is 41.9 Å². The zero-order chi connectivity index (χ0) is 12.7. The molecule has 90 valence electrons. The monoisotopic (exact) mass is 239 g/mol. The van der Waals surface area contributed by atoms with Crippen LogP contribution >= 0.6 is 0 Å². The average molecular weight is 239 g/mol. The summed E-state index contributed by atoms with van der Waals surface area (Å²) in [5.74, 6) is 0.425. The highest BCUT2D eigenvalue weighted by Gasteiger charge is 2.11. The van der Waals surface area contributed by atoms with Crippen molar-refractivity contribution >= 4 is 17.1 Å². The summed E-state index contributed by atoms with van der Waals surface area (Å²) in [7, 11) is 0. The fourth-order valence-electron chi connectivity index (χ4n) is 1.92. The van der Waals surface area contributed by atoms with Gasteiger partial charge in [0.1, 0.15) is 5.52 Å². The number of pyridine rings is 2. The molecule has 0 amide bonds. The quantitative estimate of drug-likeness (QED) is 0.705. The summed E-state index contributed by atoms with van der Waals surface area (Å²) < 4.78 is 1.81. The lowest BCUT2D eigenvalue weighted by molar-refractivity contribution is 1.04. The van der Waals surface area contributed by atoms with Gasteiger partial charge >= 0.3 is 0 Å². The third-order valence-corrected chi connectivity index (χ3v) is 2.82. The SMILES string of the molecule is Cc1ccc(-n2c(N)nc3ccc(C)nc32)cn1. The Labute approximate surface area is 104 Å². The molecule has 0 radical (unpaired) electrons. The van der Waals surface area contributed by atoms with Crippen LogP contribution in [0.4, 0.5) is 5.95 Å². The van der Waals surface area contributed by atoms with Gasteiger partial charge in [0, 0.05) is 11.4 Å². The molecule has 0 aliphatic carbocycles. The summed E-state index contributed by atoms with van der Waals surface area (Å²) in [6.07, 6.45) is 1.77. The Morgan fingerprint density at radius 3 is 2.50 bits per heavy atom. The molecule has 3 aromatic rings. The van der Waals surface area contributed by atoms with E-state index in [2.05, 4.69) is 15.0 Å². The number of hydrogen-bond donors (Lipinski definition) is 1. The van der Waals surface area contributed by atoms with Crippen LogP contribution < -0.4 is 5.73 Å². The number of fused-ring (bicyclic) bond motifs is 1. The van der Waals surface area contributed by atoms with E-state index >= 15 is 0 Å². The summed E-state index contributed by atoms with van der Waals surface area (Å²) in [5, 5.41) is 0. The Morgan fingerprint density at radius 2 is 1.78 bits per heavy atom. The Morgan fingerprint density at radius 1 is 1.00 bits per heavy atom. The van der Waals surface area contributed by atoms with Crippen molar-refractivity contribution in [3.63, 3.8) is 0 Å². The fraction of sp³-hybridized carbons (Fsp3) is 0.154. The molecule has 0 aliphatic rings. The zero-order valence-electron chi connectivity index (χ0n) is 10.3. The number of nitrogens with zero attached hydrogens (tertiary/aromatic N) is 4. The Hall–Kier alpha value is -2.43. The van der Waals surface area contributed by atoms with Gasteiger partial charge < -0.3 is 5.73 Å². The van der Waals surface area contributed by atoms with Gasteiger partial charge in [0.25, 0.3) is 0 Å². The van der Waals surface area contributed by atoms with Crippen LogP contribution in [0.2, 0.25) is 0 Å². The van der Waals surface area contributed by atoms with Gasteiger partial charge in [0.05, 0.1) is 11.9 Å². The van der Waals surface area contributed by atoms with Crippen LogP contribution in [-0.4, -0.2) is 19.5 Å². The molecule has 18 heavy (non-hydrogen) atoms. The fourth-order valence-corrected chi connectivity index (χ4v) is 1.92. The number of aryl methyl sites for hydroxylation is 2. The van der Waals surface area contributed by atoms with Crippen LogP contribution in [0.1, 0.15) is 11.4 Å². The van der Waals surface area contributed by atoms with Gasteiger partial charge in [-0.15, -0.1) is 0 Å². The molecular weight excluding hydrogens is 226 g/mol. The molecule has 3 heterocycles. The van der Waals surface area contributed by atoms with Crippen molar-refractivity contribution in [1.29, 1.82) is 0 Å². The van der Waals surface area contributed by atoms with E-state index in [9.17, 15) is 0 Å². The number of nitrogens with two attached hydrogens (primary N) is 1. The molecule has 2 N–H and O–H groups in total. The van der Waals surface area contributed by atoms with Crippen molar-refractivity contribution in [1.82, 2.24) is 19.5 Å². The summed E-state index contributed by atoms with van der Waals surface area (Å²) in [6, 6.07) is 7.75. The second kappa shape index (κ2) is 3.80. The number of imidazole rings is 1. The lowest BCUT2D eigenvalue weighted by Crippen LogP contribution is -2.02. The molecule has 5 nitrogen and oxygen atoms in total. The van der Waals surface area contributed by atoms with E-state index in [-0.39, 0.29) is 0 Å². The number of anilines is 1.